The van der Waals surface area contributed by atoms with E-state index >= 15 is 0 Å². The standard InChI is InChI=1S/C18H15NO3S2/c1-22-14-4-2-3-12(9-14)18(21)19-10-15-5-6-16(24-15)17(20)13-7-8-23-11-13/h2-9,11H,10H2,1H3,(H,19,21). The molecule has 0 unspecified atom stereocenters. The molecule has 0 saturated heterocycles. The highest BCUT2D eigenvalue weighted by Gasteiger charge is 2.13. The van der Waals surface area contributed by atoms with Gasteiger partial charge in [0, 0.05) is 21.4 Å². The summed E-state index contributed by atoms with van der Waals surface area (Å²) < 4.78 is 5.12. The van der Waals surface area contributed by atoms with Gasteiger partial charge in [0.05, 0.1) is 18.5 Å². The lowest BCUT2D eigenvalue weighted by atomic mass is 10.2. The van der Waals surface area contributed by atoms with Crippen molar-refractivity contribution in [1.29, 1.82) is 0 Å². The number of carbonyl (C=O) groups is 2. The number of carbonyl (C=O) groups excluding carboxylic acids is 2. The van der Waals surface area contributed by atoms with Gasteiger partial charge in [0.25, 0.3) is 5.91 Å². The third-order valence-corrected chi connectivity index (χ3v) is 5.19. The molecule has 122 valence electrons. The predicted molar refractivity (Wildman–Crippen MR) is 96.2 cm³/mol. The van der Waals surface area contributed by atoms with E-state index in [0.717, 1.165) is 4.88 Å². The number of ether oxygens (including phenoxy) is 1. The van der Waals surface area contributed by atoms with Crippen molar-refractivity contribution < 1.29 is 14.3 Å². The summed E-state index contributed by atoms with van der Waals surface area (Å²) in [6.45, 7) is 0.387. The molecule has 3 rings (SSSR count). The molecule has 0 spiro atoms. The van der Waals surface area contributed by atoms with E-state index in [-0.39, 0.29) is 11.7 Å². The van der Waals surface area contributed by atoms with Gasteiger partial charge in [-0.05, 0) is 41.8 Å². The van der Waals surface area contributed by atoms with Crippen molar-refractivity contribution in [3.8, 4) is 5.75 Å². The van der Waals surface area contributed by atoms with Crippen molar-refractivity contribution in [2.24, 2.45) is 0 Å². The average Bonchev–Trinajstić information content (AvgIpc) is 3.31. The number of benzene rings is 1. The zero-order valence-corrected chi connectivity index (χ0v) is 14.6. The molecule has 2 aromatic heterocycles. The predicted octanol–water partition coefficient (Wildman–Crippen LogP) is 3.98. The Morgan fingerprint density at radius 2 is 2.00 bits per heavy atom. The largest absolute Gasteiger partial charge is 0.497 e. The lowest BCUT2D eigenvalue weighted by Crippen LogP contribution is -2.22. The van der Waals surface area contributed by atoms with Crippen LogP contribution in [0.4, 0.5) is 0 Å². The Bertz CT molecular complexity index is 853. The molecule has 0 aliphatic heterocycles. The molecular formula is C18H15NO3S2. The molecule has 1 amide bonds. The topological polar surface area (TPSA) is 55.4 Å². The highest BCUT2D eigenvalue weighted by Crippen LogP contribution is 2.21. The molecule has 24 heavy (non-hydrogen) atoms. The average molecular weight is 357 g/mol. The van der Waals surface area contributed by atoms with E-state index in [1.807, 2.05) is 22.9 Å². The number of amides is 1. The van der Waals surface area contributed by atoms with E-state index < -0.39 is 0 Å². The van der Waals surface area contributed by atoms with Gasteiger partial charge in [-0.25, -0.2) is 0 Å². The van der Waals surface area contributed by atoms with Crippen LogP contribution in [0.2, 0.25) is 0 Å². The zero-order valence-electron chi connectivity index (χ0n) is 12.9. The second kappa shape index (κ2) is 7.42. The van der Waals surface area contributed by atoms with Gasteiger partial charge in [0.15, 0.2) is 0 Å². The Morgan fingerprint density at radius 3 is 2.75 bits per heavy atom. The lowest BCUT2D eigenvalue weighted by Gasteiger charge is -2.05. The summed E-state index contributed by atoms with van der Waals surface area (Å²) >= 11 is 2.90. The van der Waals surface area contributed by atoms with Crippen LogP contribution in [0.1, 0.15) is 30.5 Å². The third-order valence-electron chi connectivity index (χ3n) is 3.42. The fourth-order valence-corrected chi connectivity index (χ4v) is 3.71. The van der Waals surface area contributed by atoms with E-state index in [2.05, 4.69) is 5.32 Å². The molecule has 0 saturated carbocycles. The summed E-state index contributed by atoms with van der Waals surface area (Å²) in [7, 11) is 1.56. The number of hydrogen-bond donors (Lipinski definition) is 1. The molecule has 0 aliphatic rings. The summed E-state index contributed by atoms with van der Waals surface area (Å²) in [5, 5.41) is 6.58. The normalized spacial score (nSPS) is 10.4. The van der Waals surface area contributed by atoms with E-state index in [4.69, 9.17) is 4.74 Å². The van der Waals surface area contributed by atoms with Gasteiger partial charge in [-0.15, -0.1) is 11.3 Å². The Morgan fingerprint density at radius 1 is 1.12 bits per heavy atom. The molecule has 0 atom stereocenters. The van der Waals surface area contributed by atoms with Crippen LogP contribution in [-0.4, -0.2) is 18.8 Å². The van der Waals surface area contributed by atoms with Crippen LogP contribution in [-0.2, 0) is 6.54 Å². The molecule has 0 aliphatic carbocycles. The summed E-state index contributed by atoms with van der Waals surface area (Å²) in [5.41, 5.74) is 1.24. The minimum Gasteiger partial charge on any atom is -0.497 e. The van der Waals surface area contributed by atoms with Crippen LogP contribution in [0.25, 0.3) is 0 Å². The van der Waals surface area contributed by atoms with Crippen molar-refractivity contribution in [1.82, 2.24) is 5.32 Å². The maximum absolute atomic E-state index is 12.3. The Balaban J connectivity index is 1.63. The fourth-order valence-electron chi connectivity index (χ4n) is 2.16. The third kappa shape index (κ3) is 3.72. The maximum Gasteiger partial charge on any atom is 0.251 e. The van der Waals surface area contributed by atoms with Crippen LogP contribution < -0.4 is 10.1 Å². The molecule has 6 heteroatoms. The van der Waals surface area contributed by atoms with Crippen LogP contribution >= 0.6 is 22.7 Å². The van der Waals surface area contributed by atoms with Crippen molar-refractivity contribution in [2.75, 3.05) is 7.11 Å². The highest BCUT2D eigenvalue weighted by atomic mass is 32.1. The van der Waals surface area contributed by atoms with Crippen molar-refractivity contribution >= 4 is 34.4 Å². The minimum atomic E-state index is -0.173. The molecule has 2 heterocycles. The van der Waals surface area contributed by atoms with Crippen LogP contribution in [0.15, 0.2) is 53.2 Å². The number of nitrogens with one attached hydrogen (secondary N) is 1. The van der Waals surface area contributed by atoms with E-state index in [1.54, 1.807) is 37.4 Å². The second-order valence-corrected chi connectivity index (χ2v) is 6.97. The highest BCUT2D eigenvalue weighted by molar-refractivity contribution is 7.14. The van der Waals surface area contributed by atoms with Gasteiger partial charge in [-0.1, -0.05) is 6.07 Å². The summed E-state index contributed by atoms with van der Waals surface area (Å²) in [4.78, 5) is 26.1. The Kier molecular flexibility index (Phi) is 5.08. The van der Waals surface area contributed by atoms with Crippen LogP contribution in [0.5, 0.6) is 5.75 Å². The molecule has 4 nitrogen and oxygen atoms in total. The van der Waals surface area contributed by atoms with E-state index in [0.29, 0.717) is 28.3 Å². The number of ketones is 1. The summed E-state index contributed by atoms with van der Waals surface area (Å²) in [6.07, 6.45) is 0. The van der Waals surface area contributed by atoms with Crippen molar-refractivity contribution in [3.63, 3.8) is 0 Å². The molecule has 1 N–H and O–H groups in total. The van der Waals surface area contributed by atoms with Crippen LogP contribution in [0.3, 0.4) is 0 Å². The van der Waals surface area contributed by atoms with Gasteiger partial charge < -0.3 is 10.1 Å². The van der Waals surface area contributed by atoms with Gasteiger partial charge in [-0.2, -0.15) is 11.3 Å². The first-order chi connectivity index (χ1) is 11.7. The molecule has 0 bridgehead atoms. The van der Waals surface area contributed by atoms with E-state index in [1.165, 1.54) is 22.7 Å². The number of hydrogen-bond acceptors (Lipinski definition) is 5. The quantitative estimate of drug-likeness (QED) is 0.679. The monoisotopic (exact) mass is 357 g/mol. The Labute approximate surface area is 147 Å². The fraction of sp³-hybridized carbons (Fsp3) is 0.111. The summed E-state index contributed by atoms with van der Waals surface area (Å²) in [6, 6.07) is 12.5. The maximum atomic E-state index is 12.3. The minimum absolute atomic E-state index is 0.0200. The first kappa shape index (κ1) is 16.4. The number of thiophene rings is 2. The zero-order chi connectivity index (χ0) is 16.9. The van der Waals surface area contributed by atoms with Gasteiger partial charge in [0.2, 0.25) is 5.78 Å². The Hall–Kier alpha value is -2.44. The first-order valence-corrected chi connectivity index (χ1v) is 9.01. The van der Waals surface area contributed by atoms with Crippen LogP contribution in [0, 0.1) is 0 Å². The lowest BCUT2D eigenvalue weighted by molar-refractivity contribution is 0.0950. The first-order valence-electron chi connectivity index (χ1n) is 7.25. The SMILES string of the molecule is COc1cccc(C(=O)NCc2ccc(C(=O)c3ccsc3)s2)c1. The summed E-state index contributed by atoms with van der Waals surface area (Å²) in [5.74, 6) is 0.488. The number of rotatable bonds is 6. The molecular weight excluding hydrogens is 342 g/mol. The van der Waals surface area contributed by atoms with Gasteiger partial charge >= 0.3 is 0 Å². The number of methoxy groups -OCH3 is 1. The molecule has 0 radical (unpaired) electrons. The molecule has 3 aromatic rings. The van der Waals surface area contributed by atoms with Crippen molar-refractivity contribution in [2.45, 2.75) is 6.54 Å². The smallest absolute Gasteiger partial charge is 0.251 e. The second-order valence-electron chi connectivity index (χ2n) is 5.02. The van der Waals surface area contributed by atoms with E-state index in [9.17, 15) is 9.59 Å². The molecule has 1 aromatic carbocycles. The van der Waals surface area contributed by atoms with Crippen molar-refractivity contribution in [3.05, 3.63) is 74.1 Å². The van der Waals surface area contributed by atoms with Gasteiger partial charge in [0.1, 0.15) is 5.75 Å². The van der Waals surface area contributed by atoms with Gasteiger partial charge in [-0.3, -0.25) is 9.59 Å². The molecule has 0 fully saturated rings.